The van der Waals surface area contributed by atoms with Crippen LogP contribution < -0.4 is 10.6 Å². The van der Waals surface area contributed by atoms with Crippen molar-refractivity contribution in [3.63, 3.8) is 0 Å². The molecule has 33 heavy (non-hydrogen) atoms. The van der Waals surface area contributed by atoms with Crippen molar-refractivity contribution in [1.29, 1.82) is 0 Å². The molecule has 2 N–H and O–H groups in total. The van der Waals surface area contributed by atoms with Gasteiger partial charge >= 0.3 is 0 Å². The molecular weight excluding hydrogens is 529 g/mol. The first-order valence-electron chi connectivity index (χ1n) is 10.9. The van der Waals surface area contributed by atoms with E-state index in [0.717, 1.165) is 35.3 Å². The maximum absolute atomic E-state index is 12.0. The summed E-state index contributed by atoms with van der Waals surface area (Å²) in [6.07, 6.45) is 3.27. The van der Waals surface area contributed by atoms with Crippen LogP contribution in [-0.4, -0.2) is 35.3 Å². The fourth-order valence-electron chi connectivity index (χ4n) is 3.75. The molecule has 0 bridgehead atoms. The summed E-state index contributed by atoms with van der Waals surface area (Å²) in [6.45, 7) is 4.66. The van der Waals surface area contributed by atoms with Crippen LogP contribution >= 0.6 is 24.0 Å². The number of rotatable bonds is 7. The van der Waals surface area contributed by atoms with Crippen molar-refractivity contribution in [2.75, 3.05) is 13.6 Å². The second kappa shape index (κ2) is 11.8. The van der Waals surface area contributed by atoms with Gasteiger partial charge in [-0.1, -0.05) is 42.0 Å². The number of nitrogens with zero attached hydrogens (tertiary/aromatic N) is 3. The number of guanidine groups is 1. The van der Waals surface area contributed by atoms with Crippen molar-refractivity contribution >= 4 is 35.8 Å². The Balaban J connectivity index is 0.00000306. The van der Waals surface area contributed by atoms with Gasteiger partial charge in [-0.3, -0.25) is 9.79 Å². The highest BCUT2D eigenvalue weighted by Gasteiger charge is 2.20. The number of nitrogens with one attached hydrogen (secondary N) is 2. The third-order valence-electron chi connectivity index (χ3n) is 5.61. The lowest BCUT2D eigenvalue weighted by Gasteiger charge is -2.19. The molecule has 4 rings (SSSR count). The zero-order valence-electron chi connectivity index (χ0n) is 19.0. The molecule has 0 radical (unpaired) electrons. The highest BCUT2D eigenvalue weighted by Crippen LogP contribution is 2.19. The Labute approximate surface area is 211 Å². The second-order valence-electron chi connectivity index (χ2n) is 7.98. The molecule has 1 amide bonds. The summed E-state index contributed by atoms with van der Waals surface area (Å²) >= 11 is 0. The molecule has 1 saturated heterocycles. The van der Waals surface area contributed by atoms with Crippen LogP contribution in [0.1, 0.15) is 35.2 Å². The topological polar surface area (TPSA) is 82.8 Å². The van der Waals surface area contributed by atoms with Gasteiger partial charge < -0.3 is 20.0 Å². The molecule has 3 aromatic rings. The number of oxazole rings is 1. The molecule has 0 spiro atoms. The molecule has 7 nitrogen and oxygen atoms in total. The van der Waals surface area contributed by atoms with Crippen molar-refractivity contribution < 1.29 is 9.21 Å². The molecule has 8 heteroatoms. The Bertz CT molecular complexity index is 1090. The molecule has 0 saturated carbocycles. The molecule has 1 fully saturated rings. The zero-order valence-corrected chi connectivity index (χ0v) is 21.3. The van der Waals surface area contributed by atoms with Crippen LogP contribution in [0.4, 0.5) is 0 Å². The molecular formula is C25H30IN5O2. The van der Waals surface area contributed by atoms with Crippen molar-refractivity contribution in [2.24, 2.45) is 4.99 Å². The Morgan fingerprint density at radius 2 is 1.82 bits per heavy atom. The average Bonchev–Trinajstić information content (AvgIpc) is 3.44. The number of carbonyl (C=O) groups is 1. The van der Waals surface area contributed by atoms with E-state index in [9.17, 15) is 4.79 Å². The lowest BCUT2D eigenvalue weighted by molar-refractivity contribution is -0.128. The number of hydrogen-bond donors (Lipinski definition) is 2. The Morgan fingerprint density at radius 1 is 1.09 bits per heavy atom. The van der Waals surface area contributed by atoms with E-state index in [0.29, 0.717) is 37.9 Å². The number of hydrogen-bond acceptors (Lipinski definition) is 4. The lowest BCUT2D eigenvalue weighted by Crippen LogP contribution is -2.36. The SMILES string of the molecule is CN=C(NCc1coc(-c2ccc(C)cc2)n1)NCc1ccccc1CN1CCCC1=O.I. The Hall–Kier alpha value is -2.88. The van der Waals surface area contributed by atoms with Gasteiger partial charge in [0.05, 0.1) is 12.2 Å². The van der Waals surface area contributed by atoms with E-state index in [1.54, 1.807) is 13.3 Å². The first-order valence-corrected chi connectivity index (χ1v) is 10.9. The van der Waals surface area contributed by atoms with Gasteiger partial charge in [0.2, 0.25) is 11.8 Å². The third-order valence-corrected chi connectivity index (χ3v) is 5.61. The highest BCUT2D eigenvalue weighted by molar-refractivity contribution is 14.0. The summed E-state index contributed by atoms with van der Waals surface area (Å²) in [5.74, 6) is 1.52. The maximum Gasteiger partial charge on any atom is 0.226 e. The summed E-state index contributed by atoms with van der Waals surface area (Å²) in [4.78, 5) is 22.8. The van der Waals surface area contributed by atoms with Gasteiger partial charge in [0, 0.05) is 38.7 Å². The van der Waals surface area contributed by atoms with Crippen molar-refractivity contribution in [2.45, 2.75) is 39.4 Å². The first kappa shape index (κ1) is 24.8. The van der Waals surface area contributed by atoms with Crippen LogP contribution in [-0.2, 0) is 24.4 Å². The smallest absolute Gasteiger partial charge is 0.226 e. The predicted molar refractivity (Wildman–Crippen MR) is 140 cm³/mol. The number of aliphatic imine (C=N–C) groups is 1. The number of likely N-dealkylation sites (tertiary alicyclic amines) is 1. The minimum Gasteiger partial charge on any atom is -0.444 e. The monoisotopic (exact) mass is 559 g/mol. The van der Waals surface area contributed by atoms with E-state index in [1.165, 1.54) is 5.56 Å². The molecule has 1 aliphatic rings. The molecule has 1 aliphatic heterocycles. The molecule has 0 aliphatic carbocycles. The van der Waals surface area contributed by atoms with E-state index < -0.39 is 0 Å². The summed E-state index contributed by atoms with van der Waals surface area (Å²) < 4.78 is 5.63. The average molecular weight is 559 g/mol. The molecule has 0 atom stereocenters. The van der Waals surface area contributed by atoms with Gasteiger partial charge in [0.15, 0.2) is 5.96 Å². The van der Waals surface area contributed by atoms with E-state index in [-0.39, 0.29) is 29.9 Å². The predicted octanol–water partition coefficient (Wildman–Crippen LogP) is 4.26. The number of aryl methyl sites for hydroxylation is 1. The molecule has 1 aromatic heterocycles. The summed E-state index contributed by atoms with van der Waals surface area (Å²) in [5.41, 5.74) is 5.27. The van der Waals surface area contributed by atoms with Crippen LogP contribution in [0.3, 0.4) is 0 Å². The number of carbonyl (C=O) groups excluding carboxylic acids is 1. The van der Waals surface area contributed by atoms with E-state index in [1.807, 2.05) is 41.3 Å². The van der Waals surface area contributed by atoms with Gasteiger partial charge in [0.25, 0.3) is 0 Å². The number of aromatic nitrogens is 1. The largest absolute Gasteiger partial charge is 0.444 e. The second-order valence-corrected chi connectivity index (χ2v) is 7.98. The van der Waals surface area contributed by atoms with Crippen LogP contribution in [0.5, 0.6) is 0 Å². The lowest BCUT2D eigenvalue weighted by atomic mass is 10.1. The van der Waals surface area contributed by atoms with Gasteiger partial charge in [-0.15, -0.1) is 24.0 Å². The highest BCUT2D eigenvalue weighted by atomic mass is 127. The van der Waals surface area contributed by atoms with E-state index >= 15 is 0 Å². The van der Waals surface area contributed by atoms with Crippen LogP contribution in [0, 0.1) is 6.92 Å². The normalized spacial score (nSPS) is 13.7. The van der Waals surface area contributed by atoms with Gasteiger partial charge in [-0.2, -0.15) is 0 Å². The number of halogens is 1. The Kier molecular flexibility index (Phi) is 8.87. The van der Waals surface area contributed by atoms with E-state index in [4.69, 9.17) is 4.42 Å². The van der Waals surface area contributed by atoms with Crippen LogP contribution in [0.2, 0.25) is 0 Å². The van der Waals surface area contributed by atoms with Crippen molar-refractivity contribution in [3.8, 4) is 11.5 Å². The first-order chi connectivity index (χ1) is 15.6. The van der Waals surface area contributed by atoms with E-state index in [2.05, 4.69) is 39.7 Å². The van der Waals surface area contributed by atoms with Crippen LogP contribution in [0.15, 0.2) is 64.2 Å². The molecule has 0 unspecified atom stereocenters. The molecule has 174 valence electrons. The molecule has 2 aromatic carbocycles. The summed E-state index contributed by atoms with van der Waals surface area (Å²) in [6, 6.07) is 16.3. The van der Waals surface area contributed by atoms with Crippen LogP contribution in [0.25, 0.3) is 11.5 Å². The minimum absolute atomic E-state index is 0. The fourth-order valence-corrected chi connectivity index (χ4v) is 3.75. The number of benzene rings is 2. The zero-order chi connectivity index (χ0) is 22.3. The standard InChI is InChI=1S/C25H29N5O2.HI/c1-18-9-11-19(12-10-18)24-29-22(17-32-24)15-28-25(26-2)27-14-20-6-3-4-7-21(20)16-30-13-5-8-23(30)31;/h3-4,6-7,9-12,17H,5,8,13-16H2,1-2H3,(H2,26,27,28);1H. The maximum atomic E-state index is 12.0. The Morgan fingerprint density at radius 3 is 2.52 bits per heavy atom. The molecule has 2 heterocycles. The van der Waals surface area contributed by atoms with Gasteiger partial charge in [-0.25, -0.2) is 4.98 Å². The van der Waals surface area contributed by atoms with Gasteiger partial charge in [-0.05, 0) is 36.6 Å². The minimum atomic E-state index is 0. The quantitative estimate of drug-likeness (QED) is 0.257. The van der Waals surface area contributed by atoms with Crippen molar-refractivity contribution in [1.82, 2.24) is 20.5 Å². The van der Waals surface area contributed by atoms with Crippen molar-refractivity contribution in [3.05, 3.63) is 77.2 Å². The van der Waals surface area contributed by atoms with Gasteiger partial charge in [0.1, 0.15) is 6.26 Å². The third kappa shape index (κ3) is 6.56. The summed E-state index contributed by atoms with van der Waals surface area (Å²) in [7, 11) is 1.74. The number of amides is 1. The fraction of sp³-hybridized carbons (Fsp3) is 0.320. The summed E-state index contributed by atoms with van der Waals surface area (Å²) in [5, 5.41) is 6.64.